The molecule has 0 aromatic carbocycles. The predicted octanol–water partition coefficient (Wildman–Crippen LogP) is 5.59. The summed E-state index contributed by atoms with van der Waals surface area (Å²) < 4.78 is 0. The van der Waals surface area contributed by atoms with Crippen LogP contribution in [-0.2, 0) is 4.79 Å². The van der Waals surface area contributed by atoms with Crippen LogP contribution in [0.15, 0.2) is 12.2 Å². The number of Topliss-reactive ketones (excluding diaryl/α,β-unsaturated/α-hetero) is 1. The zero-order valence-electron chi connectivity index (χ0n) is 12.0. The monoisotopic (exact) mass is 250 g/mol. The van der Waals surface area contributed by atoms with Crippen LogP contribution in [0, 0.1) is 0 Å². The molecule has 104 valence electrons. The lowest BCUT2D eigenvalue weighted by Crippen LogP contribution is -1.96. The van der Waals surface area contributed by atoms with E-state index >= 15 is 0 Å². The molecule has 18 heavy (non-hydrogen) atoms. The van der Waals surface area contributed by atoms with Crippen LogP contribution in [0.25, 0.3) is 0 Å². The van der Waals surface area contributed by atoms with Gasteiger partial charge in [0.2, 0.25) is 0 Å². The summed E-state index contributed by atoms with van der Waals surface area (Å²) in [4.78, 5) is 11.6. The molecule has 1 nitrogen and oxygen atoms in total. The van der Waals surface area contributed by atoms with Crippen LogP contribution in [0.4, 0.5) is 0 Å². The van der Waals surface area contributed by atoms with Crippen molar-refractivity contribution in [3.63, 3.8) is 0 Å². The topological polar surface area (TPSA) is 17.1 Å². The molecule has 0 aromatic heterocycles. The van der Waals surface area contributed by atoms with E-state index in [-0.39, 0.29) is 0 Å². The predicted molar refractivity (Wildman–Crippen MR) is 78.8 cm³/mol. The fourth-order valence-corrected chi connectivity index (χ4v) is 2.60. The van der Waals surface area contributed by atoms with Crippen LogP contribution in [0.5, 0.6) is 0 Å². The van der Waals surface area contributed by atoms with Gasteiger partial charge in [-0.25, -0.2) is 0 Å². The highest BCUT2D eigenvalue weighted by Gasteiger charge is 2.00. The molecule has 0 amide bonds. The first kappa shape index (κ1) is 15.5. The van der Waals surface area contributed by atoms with Crippen LogP contribution in [-0.4, -0.2) is 5.78 Å². The zero-order valence-corrected chi connectivity index (χ0v) is 12.0. The molecule has 1 rings (SSSR count). The Morgan fingerprint density at radius 2 is 1.06 bits per heavy atom. The molecular weight excluding hydrogens is 220 g/mol. The van der Waals surface area contributed by atoms with E-state index in [0.717, 1.165) is 25.7 Å². The van der Waals surface area contributed by atoms with Gasteiger partial charge in [0.25, 0.3) is 0 Å². The Morgan fingerprint density at radius 3 is 1.72 bits per heavy atom. The molecule has 0 saturated heterocycles. The van der Waals surface area contributed by atoms with Gasteiger partial charge in [-0.2, -0.15) is 0 Å². The molecule has 1 aliphatic rings. The molecule has 0 fully saturated rings. The van der Waals surface area contributed by atoms with Crippen molar-refractivity contribution in [1.29, 1.82) is 0 Å². The summed E-state index contributed by atoms with van der Waals surface area (Å²) in [5.74, 6) is 0.462. The minimum absolute atomic E-state index is 0.462. The SMILES string of the molecule is O=C1CCC=CCCCCCCCCCCCC1. The van der Waals surface area contributed by atoms with E-state index in [1.54, 1.807) is 0 Å². The van der Waals surface area contributed by atoms with Gasteiger partial charge >= 0.3 is 0 Å². The van der Waals surface area contributed by atoms with Crippen molar-refractivity contribution in [2.24, 2.45) is 0 Å². The number of rotatable bonds is 0. The Bertz CT molecular complexity index is 230. The van der Waals surface area contributed by atoms with Gasteiger partial charge in [-0.3, -0.25) is 4.79 Å². The van der Waals surface area contributed by atoms with E-state index in [4.69, 9.17) is 0 Å². The summed E-state index contributed by atoms with van der Waals surface area (Å²) in [6, 6.07) is 0. The smallest absolute Gasteiger partial charge is 0.133 e. The van der Waals surface area contributed by atoms with Crippen molar-refractivity contribution in [2.45, 2.75) is 89.9 Å². The van der Waals surface area contributed by atoms with Crippen LogP contribution < -0.4 is 0 Å². The third-order valence-electron chi connectivity index (χ3n) is 3.83. The molecule has 1 heteroatoms. The van der Waals surface area contributed by atoms with E-state index in [0.29, 0.717) is 5.78 Å². The number of hydrogen-bond acceptors (Lipinski definition) is 1. The maximum Gasteiger partial charge on any atom is 0.133 e. The van der Waals surface area contributed by atoms with E-state index in [1.165, 1.54) is 64.2 Å². The van der Waals surface area contributed by atoms with Crippen molar-refractivity contribution in [3.8, 4) is 0 Å². The van der Waals surface area contributed by atoms with Crippen LogP contribution in [0.2, 0.25) is 0 Å². The van der Waals surface area contributed by atoms with E-state index in [1.807, 2.05) is 0 Å². The molecule has 0 unspecified atom stereocenters. The van der Waals surface area contributed by atoms with Gasteiger partial charge < -0.3 is 0 Å². The molecule has 0 saturated carbocycles. The third kappa shape index (κ3) is 9.44. The number of hydrogen-bond donors (Lipinski definition) is 0. The Morgan fingerprint density at radius 1 is 0.556 bits per heavy atom. The van der Waals surface area contributed by atoms with E-state index in [2.05, 4.69) is 12.2 Å². The van der Waals surface area contributed by atoms with Gasteiger partial charge in [0.1, 0.15) is 5.78 Å². The summed E-state index contributed by atoms with van der Waals surface area (Å²) >= 11 is 0. The lowest BCUT2D eigenvalue weighted by molar-refractivity contribution is -0.119. The van der Waals surface area contributed by atoms with Crippen LogP contribution in [0.1, 0.15) is 89.9 Å². The second-order valence-electron chi connectivity index (χ2n) is 5.62. The highest BCUT2D eigenvalue weighted by molar-refractivity contribution is 5.78. The van der Waals surface area contributed by atoms with Gasteiger partial charge in [-0.1, -0.05) is 63.5 Å². The van der Waals surface area contributed by atoms with Gasteiger partial charge in [-0.05, 0) is 25.7 Å². The average Bonchev–Trinajstić information content (AvgIpc) is 2.37. The first-order chi connectivity index (χ1) is 8.89. The van der Waals surface area contributed by atoms with Crippen LogP contribution in [0.3, 0.4) is 0 Å². The molecule has 0 N–H and O–H groups in total. The number of allylic oxidation sites excluding steroid dienone is 2. The molecule has 0 bridgehead atoms. The molecule has 0 radical (unpaired) electrons. The minimum Gasteiger partial charge on any atom is -0.300 e. The van der Waals surface area contributed by atoms with Crippen molar-refractivity contribution >= 4 is 5.78 Å². The highest BCUT2D eigenvalue weighted by atomic mass is 16.1. The zero-order chi connectivity index (χ0) is 12.9. The summed E-state index contributed by atoms with van der Waals surface area (Å²) in [7, 11) is 0. The average molecular weight is 250 g/mol. The summed E-state index contributed by atoms with van der Waals surface area (Å²) in [6.45, 7) is 0. The number of carbonyl (C=O) groups excluding carboxylic acids is 1. The number of carbonyl (C=O) groups is 1. The van der Waals surface area contributed by atoms with Gasteiger partial charge in [-0.15, -0.1) is 0 Å². The first-order valence-corrected chi connectivity index (χ1v) is 8.06. The summed E-state index contributed by atoms with van der Waals surface area (Å²) in [5, 5.41) is 0. The second kappa shape index (κ2) is 11.5. The number of ketones is 1. The fourth-order valence-electron chi connectivity index (χ4n) is 2.60. The van der Waals surface area contributed by atoms with Gasteiger partial charge in [0.05, 0.1) is 0 Å². The molecule has 0 aromatic rings. The maximum absolute atomic E-state index is 11.6. The largest absolute Gasteiger partial charge is 0.300 e. The Hall–Kier alpha value is -0.590. The highest BCUT2D eigenvalue weighted by Crippen LogP contribution is 2.13. The molecule has 1 aliphatic carbocycles. The van der Waals surface area contributed by atoms with Crippen molar-refractivity contribution in [3.05, 3.63) is 12.2 Å². The summed E-state index contributed by atoms with van der Waals surface area (Å²) in [6.07, 6.45) is 21.6. The quantitative estimate of drug-likeness (QED) is 0.512. The molecule has 0 heterocycles. The van der Waals surface area contributed by atoms with Gasteiger partial charge in [0.15, 0.2) is 0 Å². The minimum atomic E-state index is 0.462. The molecular formula is C17H30O. The van der Waals surface area contributed by atoms with Crippen molar-refractivity contribution < 1.29 is 4.79 Å². The van der Waals surface area contributed by atoms with E-state index in [9.17, 15) is 4.79 Å². The lowest BCUT2D eigenvalue weighted by Gasteiger charge is -2.02. The standard InChI is InChI=1S/C17H30O/c18-17-15-13-11-9-7-5-3-1-2-4-6-8-10-12-14-16-17/h9,11H,1-8,10,12-16H2. The van der Waals surface area contributed by atoms with Crippen LogP contribution >= 0.6 is 0 Å². The Balaban J connectivity index is 2.18. The second-order valence-corrected chi connectivity index (χ2v) is 5.62. The van der Waals surface area contributed by atoms with E-state index < -0.39 is 0 Å². The van der Waals surface area contributed by atoms with Gasteiger partial charge in [0, 0.05) is 12.8 Å². The Labute approximate surface area is 113 Å². The van der Waals surface area contributed by atoms with Crippen molar-refractivity contribution in [1.82, 2.24) is 0 Å². The normalized spacial score (nSPS) is 22.6. The summed E-state index contributed by atoms with van der Waals surface area (Å²) in [5.41, 5.74) is 0. The first-order valence-electron chi connectivity index (χ1n) is 8.06. The lowest BCUT2D eigenvalue weighted by atomic mass is 10.0. The molecule has 0 spiro atoms. The van der Waals surface area contributed by atoms with Crippen molar-refractivity contribution in [2.75, 3.05) is 0 Å². The fraction of sp³-hybridized carbons (Fsp3) is 0.824. The maximum atomic E-state index is 11.6. The molecule has 0 atom stereocenters. The third-order valence-corrected chi connectivity index (χ3v) is 3.83. The molecule has 0 aliphatic heterocycles. The Kier molecular flexibility index (Phi) is 9.88.